The van der Waals surface area contributed by atoms with Crippen molar-refractivity contribution in [2.75, 3.05) is 25.4 Å². The second kappa shape index (κ2) is 8.76. The average molecular weight is 385 g/mol. The molecule has 1 rings (SSSR count). The Labute approximate surface area is 146 Å². The van der Waals surface area contributed by atoms with Crippen molar-refractivity contribution in [2.45, 2.75) is 6.92 Å². The molecule has 126 valence electrons. The van der Waals surface area contributed by atoms with Crippen LogP contribution in [0, 0.1) is 0 Å². The molecule has 1 aromatic heterocycles. The van der Waals surface area contributed by atoms with Crippen LogP contribution in [0.3, 0.4) is 0 Å². The Balaban J connectivity index is 2.61. The lowest BCUT2D eigenvalue weighted by atomic mass is 10.3. The highest BCUT2D eigenvalue weighted by Gasteiger charge is 2.27. The van der Waals surface area contributed by atoms with Gasteiger partial charge in [-0.2, -0.15) is 4.98 Å². The van der Waals surface area contributed by atoms with Crippen molar-refractivity contribution in [2.24, 2.45) is 0 Å². The molecule has 0 radical (unpaired) electrons. The third-order valence-corrected chi connectivity index (χ3v) is 3.64. The van der Waals surface area contributed by atoms with Gasteiger partial charge < -0.3 is 21.1 Å². The van der Waals surface area contributed by atoms with Gasteiger partial charge in [0.05, 0.1) is 12.2 Å². The predicted molar refractivity (Wildman–Crippen MR) is 84.4 cm³/mol. The number of H-pyrrole nitrogens is 1. The summed E-state index contributed by atoms with van der Waals surface area (Å²) in [6, 6.07) is 0. The van der Waals surface area contributed by atoms with Gasteiger partial charge in [0.2, 0.25) is 5.91 Å². The van der Waals surface area contributed by atoms with E-state index in [1.165, 1.54) is 0 Å². The number of esters is 1. The number of carbonyl (C=O) groups is 3. The summed E-state index contributed by atoms with van der Waals surface area (Å²) in [5.41, 5.74) is 5.25. The Morgan fingerprint density at radius 3 is 2.39 bits per heavy atom. The van der Waals surface area contributed by atoms with Crippen LogP contribution in [-0.2, 0) is 14.3 Å². The number of anilines is 1. The summed E-state index contributed by atoms with van der Waals surface area (Å²) in [7, 11) is 0. The molecule has 8 nitrogen and oxygen atoms in total. The van der Waals surface area contributed by atoms with E-state index in [4.69, 9.17) is 45.3 Å². The fraction of sp³-hybridized carbons (Fsp3) is 0.333. The third kappa shape index (κ3) is 5.42. The summed E-state index contributed by atoms with van der Waals surface area (Å²) in [6.07, 6.45) is 0. The molecule has 0 unspecified atom stereocenters. The van der Waals surface area contributed by atoms with Crippen LogP contribution in [0.1, 0.15) is 17.4 Å². The highest BCUT2D eigenvalue weighted by Crippen LogP contribution is 2.32. The zero-order valence-corrected chi connectivity index (χ0v) is 14.2. The lowest BCUT2D eigenvalue weighted by Crippen LogP contribution is -2.38. The number of hydrogen-bond donors (Lipinski definition) is 3. The van der Waals surface area contributed by atoms with E-state index in [1.54, 1.807) is 6.92 Å². The van der Waals surface area contributed by atoms with Gasteiger partial charge >= 0.3 is 11.7 Å². The lowest BCUT2D eigenvalue weighted by Gasteiger charge is -2.06. The third-order valence-electron chi connectivity index (χ3n) is 2.48. The van der Waals surface area contributed by atoms with Gasteiger partial charge in [0.25, 0.3) is 11.1 Å². The quantitative estimate of drug-likeness (QED) is 0.485. The molecule has 0 aliphatic carbocycles. The van der Waals surface area contributed by atoms with Gasteiger partial charge in [-0.25, -0.2) is 4.79 Å². The average Bonchev–Trinajstić information content (AvgIpc) is 2.52. The number of hydrogen-bond acceptors (Lipinski definition) is 5. The van der Waals surface area contributed by atoms with Crippen LogP contribution in [0.2, 0.25) is 15.2 Å². The van der Waals surface area contributed by atoms with Gasteiger partial charge in [-0.1, -0.05) is 23.2 Å². The molecule has 0 fully saturated rings. The summed E-state index contributed by atoms with van der Waals surface area (Å²) in [5.74, 6) is -1.97. The first-order valence-corrected chi connectivity index (χ1v) is 7.47. The van der Waals surface area contributed by atoms with Crippen molar-refractivity contribution < 1.29 is 24.1 Å². The maximum absolute atomic E-state index is 11.9. The topological polar surface area (TPSA) is 125 Å². The van der Waals surface area contributed by atoms with E-state index < -0.39 is 18.5 Å². The van der Waals surface area contributed by atoms with E-state index >= 15 is 0 Å². The predicted octanol–water partition coefficient (Wildman–Crippen LogP) is 0.452. The fourth-order valence-electron chi connectivity index (χ4n) is 1.40. The highest BCUT2D eigenvalue weighted by atomic mass is 35.5. The number of nitrogens with one attached hydrogen (secondary N) is 3. The molecule has 23 heavy (non-hydrogen) atoms. The van der Waals surface area contributed by atoms with Crippen LogP contribution in [0.4, 0.5) is 5.69 Å². The van der Waals surface area contributed by atoms with E-state index in [0.29, 0.717) is 6.54 Å². The molecule has 0 saturated heterocycles. The number of ether oxygens (including phenoxy) is 1. The molecule has 5 N–H and O–H groups in total. The molecule has 11 heteroatoms. The number of halogens is 3. The van der Waals surface area contributed by atoms with Gasteiger partial charge in [0.1, 0.15) is 10.0 Å². The monoisotopic (exact) mass is 383 g/mol. The van der Waals surface area contributed by atoms with Crippen molar-refractivity contribution in [3.05, 3.63) is 20.9 Å². The molecule has 0 aliphatic heterocycles. The molecule has 0 spiro atoms. The van der Waals surface area contributed by atoms with Gasteiger partial charge in [-0.05, 0) is 18.5 Å². The highest BCUT2D eigenvalue weighted by molar-refractivity contribution is 6.45. The number of rotatable bonds is 6. The second-order valence-electron chi connectivity index (χ2n) is 4.16. The first-order chi connectivity index (χ1) is 10.8. The van der Waals surface area contributed by atoms with E-state index in [2.05, 4.69) is 15.6 Å². The van der Waals surface area contributed by atoms with Crippen molar-refractivity contribution in [1.29, 1.82) is 0 Å². The smallest absolute Gasteiger partial charge is 0.405 e. The van der Waals surface area contributed by atoms with E-state index in [0.717, 1.165) is 0 Å². The molecule has 2 amide bonds. The maximum Gasteiger partial charge on any atom is 0.405 e. The summed E-state index contributed by atoms with van der Waals surface area (Å²) in [5, 5.41) is 4.46. The molecular weight excluding hydrogens is 371 g/mol. The minimum atomic E-state index is -0.951. The SMILES string of the molecule is CCNC(=O)CNC(=O)COC(=O)c1[nH+]c(Cl)c(Cl)c(N)c1Cl. The molecule has 0 aliphatic rings. The van der Waals surface area contributed by atoms with Crippen LogP contribution in [0.5, 0.6) is 0 Å². The molecule has 0 bridgehead atoms. The minimum Gasteiger partial charge on any atom is -0.448 e. The minimum absolute atomic E-state index is 0.0344. The fourth-order valence-corrected chi connectivity index (χ4v) is 2.01. The van der Waals surface area contributed by atoms with Crippen molar-refractivity contribution >= 4 is 58.3 Å². The molecular formula is C12H14Cl3N4O4+. The number of likely N-dealkylation sites (N-methyl/N-ethyl adjacent to an activating group) is 1. The Morgan fingerprint density at radius 1 is 1.13 bits per heavy atom. The first-order valence-electron chi connectivity index (χ1n) is 6.33. The van der Waals surface area contributed by atoms with Crippen LogP contribution < -0.4 is 21.4 Å². The van der Waals surface area contributed by atoms with E-state index in [-0.39, 0.29) is 39.0 Å². The van der Waals surface area contributed by atoms with Crippen LogP contribution >= 0.6 is 34.8 Å². The number of aromatic amines is 1. The number of nitrogens with two attached hydrogens (primary N) is 1. The summed E-state index contributed by atoms with van der Waals surface area (Å²) < 4.78 is 4.76. The largest absolute Gasteiger partial charge is 0.448 e. The number of nitrogen functional groups attached to an aromatic ring is 1. The van der Waals surface area contributed by atoms with Gasteiger partial charge in [0, 0.05) is 6.54 Å². The Morgan fingerprint density at radius 2 is 1.78 bits per heavy atom. The first kappa shape index (κ1) is 19.3. The van der Waals surface area contributed by atoms with Gasteiger partial charge in [0.15, 0.2) is 6.61 Å². The second-order valence-corrected chi connectivity index (χ2v) is 5.30. The lowest BCUT2D eigenvalue weighted by molar-refractivity contribution is -0.380. The van der Waals surface area contributed by atoms with Crippen LogP contribution in [0.25, 0.3) is 0 Å². The molecule has 1 heterocycles. The van der Waals surface area contributed by atoms with Crippen molar-refractivity contribution in [1.82, 2.24) is 10.6 Å². The molecule has 1 aromatic rings. The van der Waals surface area contributed by atoms with Crippen molar-refractivity contribution in [3.63, 3.8) is 0 Å². The van der Waals surface area contributed by atoms with Gasteiger partial charge in [-0.15, -0.1) is 0 Å². The zero-order chi connectivity index (χ0) is 17.6. The number of pyridine rings is 1. The summed E-state index contributed by atoms with van der Waals surface area (Å²) >= 11 is 17.4. The zero-order valence-electron chi connectivity index (χ0n) is 12.0. The van der Waals surface area contributed by atoms with Crippen LogP contribution in [-0.4, -0.2) is 37.5 Å². The number of carbonyl (C=O) groups excluding carboxylic acids is 3. The molecule has 0 saturated carbocycles. The van der Waals surface area contributed by atoms with E-state index in [1.807, 2.05) is 0 Å². The number of aromatic nitrogens is 1. The van der Waals surface area contributed by atoms with E-state index in [9.17, 15) is 14.4 Å². The maximum atomic E-state index is 11.9. The Bertz CT molecular complexity index is 639. The summed E-state index contributed by atoms with van der Waals surface area (Å²) in [4.78, 5) is 36.9. The summed E-state index contributed by atoms with van der Waals surface area (Å²) in [6.45, 7) is 1.35. The normalized spacial score (nSPS) is 10.1. The Kier molecular flexibility index (Phi) is 7.34. The number of amides is 2. The van der Waals surface area contributed by atoms with Gasteiger partial charge in [-0.3, -0.25) is 9.59 Å². The standard InChI is InChI=1S/C12H13Cl3N4O4/c1-2-17-5(20)3-18-6(21)4-23-12(22)10-7(13)9(16)8(14)11(15)19-10/h2-4H2,1H3,(H2,16,19)(H,17,20)(H,18,21)/p+1. The van der Waals surface area contributed by atoms with Crippen molar-refractivity contribution in [3.8, 4) is 0 Å². The molecule has 0 aromatic carbocycles. The molecule has 0 atom stereocenters. The Hall–Kier alpha value is -1.77. The van der Waals surface area contributed by atoms with Crippen LogP contribution in [0.15, 0.2) is 0 Å².